The molecule has 2 aliphatic heterocycles. The number of hydrogen-bond donors (Lipinski definition) is 1. The highest BCUT2D eigenvalue weighted by atomic mass is 16.5. The predicted octanol–water partition coefficient (Wildman–Crippen LogP) is 1.30. The molecule has 1 atom stereocenters. The molecule has 0 radical (unpaired) electrons. The van der Waals surface area contributed by atoms with E-state index in [4.69, 9.17) is 4.74 Å². The van der Waals surface area contributed by atoms with Crippen LogP contribution >= 0.6 is 0 Å². The Morgan fingerprint density at radius 3 is 2.73 bits per heavy atom. The van der Waals surface area contributed by atoms with E-state index in [0.29, 0.717) is 32.1 Å². The summed E-state index contributed by atoms with van der Waals surface area (Å²) in [5.41, 5.74) is 0. The number of aromatic nitrogens is 3. The monoisotopic (exact) mass is 354 g/mol. The van der Waals surface area contributed by atoms with E-state index in [9.17, 15) is 4.79 Å². The van der Waals surface area contributed by atoms with Gasteiger partial charge < -0.3 is 19.9 Å². The molecule has 2 aromatic heterocycles. The molecule has 4 rings (SSSR count). The second kappa shape index (κ2) is 7.65. The molecule has 0 aromatic carbocycles. The average molecular weight is 354 g/mol. The van der Waals surface area contributed by atoms with Crippen LogP contribution in [0.15, 0.2) is 36.8 Å². The highest BCUT2D eigenvalue weighted by molar-refractivity contribution is 5.79. The third-order valence-corrected chi connectivity index (χ3v) is 4.77. The van der Waals surface area contributed by atoms with Crippen molar-refractivity contribution in [1.82, 2.24) is 19.9 Å². The van der Waals surface area contributed by atoms with Gasteiger partial charge in [0.25, 0.3) is 0 Å². The summed E-state index contributed by atoms with van der Waals surface area (Å²) >= 11 is 0. The molecule has 1 amide bonds. The van der Waals surface area contributed by atoms with E-state index >= 15 is 0 Å². The number of amides is 1. The fraction of sp³-hybridized carbons (Fsp3) is 0.444. The molecule has 0 saturated carbocycles. The summed E-state index contributed by atoms with van der Waals surface area (Å²) in [6.45, 7) is 4.21. The normalized spacial score (nSPS) is 20.2. The second-order valence-electron chi connectivity index (χ2n) is 6.47. The van der Waals surface area contributed by atoms with E-state index in [-0.39, 0.29) is 11.8 Å². The van der Waals surface area contributed by atoms with Crippen molar-refractivity contribution >= 4 is 23.4 Å². The lowest BCUT2D eigenvalue weighted by atomic mass is 10.1. The van der Waals surface area contributed by atoms with Crippen molar-refractivity contribution in [2.45, 2.75) is 6.42 Å². The molecule has 0 spiro atoms. The Morgan fingerprint density at radius 1 is 1.12 bits per heavy atom. The van der Waals surface area contributed by atoms with Crippen LogP contribution in [0.4, 0.5) is 17.5 Å². The Balaban J connectivity index is 1.37. The fourth-order valence-corrected chi connectivity index (χ4v) is 3.30. The third-order valence-electron chi connectivity index (χ3n) is 4.77. The van der Waals surface area contributed by atoms with Crippen molar-refractivity contribution in [2.75, 3.05) is 49.6 Å². The first kappa shape index (κ1) is 16.7. The molecule has 1 unspecified atom stereocenters. The van der Waals surface area contributed by atoms with Gasteiger partial charge in [0.2, 0.25) is 5.91 Å². The molecule has 136 valence electrons. The third kappa shape index (κ3) is 3.75. The molecule has 4 heterocycles. The van der Waals surface area contributed by atoms with E-state index in [2.05, 4.69) is 25.2 Å². The minimum Gasteiger partial charge on any atom is -0.381 e. The fourth-order valence-electron chi connectivity index (χ4n) is 3.30. The maximum absolute atomic E-state index is 12.5. The van der Waals surface area contributed by atoms with Crippen LogP contribution in [0.3, 0.4) is 0 Å². The molecular formula is C18H22N6O2. The van der Waals surface area contributed by atoms with Crippen LogP contribution in [0.1, 0.15) is 6.42 Å². The Kier molecular flexibility index (Phi) is 4.92. The Morgan fingerprint density at radius 2 is 2.00 bits per heavy atom. The van der Waals surface area contributed by atoms with Gasteiger partial charge in [-0.3, -0.25) is 4.79 Å². The van der Waals surface area contributed by atoms with Gasteiger partial charge in [0.1, 0.15) is 23.8 Å². The van der Waals surface area contributed by atoms with E-state index in [1.807, 2.05) is 29.2 Å². The summed E-state index contributed by atoms with van der Waals surface area (Å²) in [6, 6.07) is 7.59. The molecule has 8 heteroatoms. The standard InChI is InChI=1S/C18H22N6O2/c25-18(14-4-10-26-12-14)24-8-6-23(7-9-24)17-11-16(20-13-21-17)22-15-3-1-2-5-19-15/h1-3,5,11,13-14H,4,6-10,12H2,(H,19,20,21,22). The number of rotatable bonds is 4. The molecular weight excluding hydrogens is 332 g/mol. The number of hydrogen-bond acceptors (Lipinski definition) is 7. The first-order valence-corrected chi connectivity index (χ1v) is 8.91. The van der Waals surface area contributed by atoms with Gasteiger partial charge >= 0.3 is 0 Å². The Hall–Kier alpha value is -2.74. The first-order valence-electron chi connectivity index (χ1n) is 8.91. The SMILES string of the molecule is O=C(C1CCOC1)N1CCN(c2cc(Nc3ccccn3)ncn2)CC1. The number of pyridine rings is 1. The van der Waals surface area contributed by atoms with E-state index < -0.39 is 0 Å². The van der Waals surface area contributed by atoms with Crippen LogP contribution in [-0.2, 0) is 9.53 Å². The topological polar surface area (TPSA) is 83.5 Å². The number of piperazine rings is 1. The van der Waals surface area contributed by atoms with Crippen molar-refractivity contribution in [3.05, 3.63) is 36.8 Å². The van der Waals surface area contributed by atoms with Crippen LogP contribution in [0.25, 0.3) is 0 Å². The lowest BCUT2D eigenvalue weighted by Gasteiger charge is -2.36. The smallest absolute Gasteiger partial charge is 0.228 e. The van der Waals surface area contributed by atoms with Crippen molar-refractivity contribution in [3.63, 3.8) is 0 Å². The lowest BCUT2D eigenvalue weighted by molar-refractivity contribution is -0.135. The second-order valence-corrected chi connectivity index (χ2v) is 6.47. The maximum atomic E-state index is 12.5. The average Bonchev–Trinajstić information content (AvgIpc) is 3.23. The zero-order valence-corrected chi connectivity index (χ0v) is 14.5. The van der Waals surface area contributed by atoms with Gasteiger partial charge in [-0.25, -0.2) is 15.0 Å². The molecule has 8 nitrogen and oxygen atoms in total. The molecule has 26 heavy (non-hydrogen) atoms. The maximum Gasteiger partial charge on any atom is 0.228 e. The van der Waals surface area contributed by atoms with Crippen LogP contribution in [0, 0.1) is 5.92 Å². The van der Waals surface area contributed by atoms with Gasteiger partial charge in [-0.1, -0.05) is 6.07 Å². The van der Waals surface area contributed by atoms with E-state index in [1.54, 1.807) is 12.5 Å². The highest BCUT2D eigenvalue weighted by Crippen LogP contribution is 2.21. The summed E-state index contributed by atoms with van der Waals surface area (Å²) in [7, 11) is 0. The number of carbonyl (C=O) groups excluding carboxylic acids is 1. The summed E-state index contributed by atoms with van der Waals surface area (Å²) in [5, 5.41) is 3.18. The molecule has 2 fully saturated rings. The Labute approximate surface area is 152 Å². The van der Waals surface area contributed by atoms with Crippen molar-refractivity contribution in [2.24, 2.45) is 5.92 Å². The zero-order valence-electron chi connectivity index (χ0n) is 14.5. The summed E-state index contributed by atoms with van der Waals surface area (Å²) in [4.78, 5) is 29.5. The largest absolute Gasteiger partial charge is 0.381 e. The molecule has 2 aliphatic rings. The number of carbonyl (C=O) groups is 1. The van der Waals surface area contributed by atoms with Gasteiger partial charge in [-0.2, -0.15) is 0 Å². The lowest BCUT2D eigenvalue weighted by Crippen LogP contribution is -2.50. The number of anilines is 3. The summed E-state index contributed by atoms with van der Waals surface area (Å²) < 4.78 is 5.33. The molecule has 0 bridgehead atoms. The van der Waals surface area contributed by atoms with E-state index in [0.717, 1.165) is 31.1 Å². The number of ether oxygens (including phenoxy) is 1. The van der Waals surface area contributed by atoms with Crippen LogP contribution in [0.2, 0.25) is 0 Å². The van der Waals surface area contributed by atoms with Crippen LogP contribution in [-0.4, -0.2) is 65.2 Å². The summed E-state index contributed by atoms with van der Waals surface area (Å²) in [6.07, 6.45) is 4.12. The van der Waals surface area contributed by atoms with E-state index in [1.165, 1.54) is 0 Å². The minimum atomic E-state index is 0.0368. The number of nitrogens with one attached hydrogen (secondary N) is 1. The van der Waals surface area contributed by atoms with Gasteiger partial charge in [0.15, 0.2) is 0 Å². The summed E-state index contributed by atoms with van der Waals surface area (Å²) in [5.74, 6) is 2.56. The predicted molar refractivity (Wildman–Crippen MR) is 97.3 cm³/mol. The first-order chi connectivity index (χ1) is 12.8. The number of nitrogens with zero attached hydrogens (tertiary/aromatic N) is 5. The van der Waals surface area contributed by atoms with Crippen LogP contribution < -0.4 is 10.2 Å². The minimum absolute atomic E-state index is 0.0368. The van der Waals surface area contributed by atoms with Crippen molar-refractivity contribution in [3.8, 4) is 0 Å². The van der Waals surface area contributed by atoms with Crippen molar-refractivity contribution < 1.29 is 9.53 Å². The molecule has 1 N–H and O–H groups in total. The molecule has 0 aliphatic carbocycles. The Bertz CT molecular complexity index is 742. The van der Waals surface area contributed by atoms with Crippen LogP contribution in [0.5, 0.6) is 0 Å². The van der Waals surface area contributed by atoms with Gasteiger partial charge in [0.05, 0.1) is 12.5 Å². The van der Waals surface area contributed by atoms with Gasteiger partial charge in [-0.15, -0.1) is 0 Å². The molecule has 2 saturated heterocycles. The highest BCUT2D eigenvalue weighted by Gasteiger charge is 2.30. The van der Waals surface area contributed by atoms with Gasteiger partial charge in [-0.05, 0) is 18.6 Å². The van der Waals surface area contributed by atoms with Crippen molar-refractivity contribution in [1.29, 1.82) is 0 Å². The zero-order chi connectivity index (χ0) is 17.8. The molecule has 2 aromatic rings. The quantitative estimate of drug-likeness (QED) is 0.886. The van der Waals surface area contributed by atoms with Gasteiger partial charge in [0, 0.05) is 45.0 Å².